The monoisotopic (exact) mass is 632 g/mol. The number of nitrogens with one attached hydrogen (secondary N) is 2. The summed E-state index contributed by atoms with van der Waals surface area (Å²) < 4.78 is 48.3. The molecule has 44 heavy (non-hydrogen) atoms. The molecule has 234 valence electrons. The normalized spacial score (nSPS) is 16.8. The van der Waals surface area contributed by atoms with Crippen molar-refractivity contribution >= 4 is 35.0 Å². The van der Waals surface area contributed by atoms with Gasteiger partial charge in [0.25, 0.3) is 18.2 Å². The molecule has 2 aliphatic rings. The molecule has 3 heterocycles. The first-order chi connectivity index (χ1) is 21.1. The first-order valence-corrected chi connectivity index (χ1v) is 14.5. The van der Waals surface area contributed by atoms with Crippen molar-refractivity contribution in [2.75, 3.05) is 51.7 Å². The molecule has 0 aliphatic carbocycles. The quantitative estimate of drug-likeness (QED) is 0.382. The summed E-state index contributed by atoms with van der Waals surface area (Å²) in [5.74, 6) is -2.13. The van der Waals surface area contributed by atoms with Crippen LogP contribution in [0.1, 0.15) is 45.8 Å². The molecule has 10 nitrogen and oxygen atoms in total. The number of carbonyl (C=O) groups excluding carboxylic acids is 3. The van der Waals surface area contributed by atoms with Crippen LogP contribution in [0.5, 0.6) is 5.75 Å². The van der Waals surface area contributed by atoms with Crippen LogP contribution in [-0.2, 0) is 11.8 Å². The van der Waals surface area contributed by atoms with E-state index in [-0.39, 0.29) is 50.9 Å². The minimum atomic E-state index is -3.14. The number of aromatic nitrogens is 2. The van der Waals surface area contributed by atoms with E-state index in [1.165, 1.54) is 55.3 Å². The Morgan fingerprint density at radius 2 is 1.86 bits per heavy atom. The molecule has 0 radical (unpaired) electrons. The number of hydrogen-bond acceptors (Lipinski definition) is 6. The molecule has 0 saturated carbocycles. The summed E-state index contributed by atoms with van der Waals surface area (Å²) in [7, 11) is 2.62. The van der Waals surface area contributed by atoms with Crippen LogP contribution in [0.3, 0.4) is 0 Å². The Hall–Kier alpha value is -4.10. The lowest BCUT2D eigenvalue weighted by molar-refractivity contribution is -0.133. The van der Waals surface area contributed by atoms with Gasteiger partial charge in [-0.1, -0.05) is 11.6 Å². The number of methoxy groups -OCH3 is 1. The summed E-state index contributed by atoms with van der Waals surface area (Å²) in [5, 5.41) is 6.03. The molecule has 2 aromatic carbocycles. The van der Waals surface area contributed by atoms with Gasteiger partial charge in [0.1, 0.15) is 0 Å². The standard InChI is InChI=1S/C30H32ClF3N6O4/c1-38-22(20-5-6-23(44-2)26(32)25(20)27(33)34)16-36-28(38)29(42)37-18-3-4-19(21(31)14-18)30(43)40-11-9-39(10-12-40)24(41)13-17-7-8-35-15-17/h3-6,14,16-17,27,35H,7-13,15H2,1-2H3,(H,37,42)/t17-/m0/s1. The fourth-order valence-electron chi connectivity index (χ4n) is 5.59. The number of hydrogen-bond donors (Lipinski definition) is 2. The van der Waals surface area contributed by atoms with Crippen molar-refractivity contribution in [3.8, 4) is 17.0 Å². The van der Waals surface area contributed by atoms with Crippen molar-refractivity contribution in [3.63, 3.8) is 0 Å². The molecule has 2 aliphatic heterocycles. The largest absolute Gasteiger partial charge is 0.494 e. The van der Waals surface area contributed by atoms with E-state index in [4.69, 9.17) is 16.3 Å². The third kappa shape index (κ3) is 6.39. The fourth-order valence-corrected chi connectivity index (χ4v) is 5.85. The highest BCUT2D eigenvalue weighted by Gasteiger charge is 2.29. The number of benzene rings is 2. The smallest absolute Gasteiger partial charge is 0.291 e. The third-order valence-corrected chi connectivity index (χ3v) is 8.37. The van der Waals surface area contributed by atoms with Gasteiger partial charge in [-0.2, -0.15) is 0 Å². The van der Waals surface area contributed by atoms with E-state index in [1.807, 2.05) is 0 Å². The van der Waals surface area contributed by atoms with Crippen molar-refractivity contribution in [2.24, 2.45) is 13.0 Å². The topological polar surface area (TPSA) is 109 Å². The van der Waals surface area contributed by atoms with E-state index in [0.717, 1.165) is 19.5 Å². The highest BCUT2D eigenvalue weighted by atomic mass is 35.5. The van der Waals surface area contributed by atoms with E-state index in [0.29, 0.717) is 38.5 Å². The van der Waals surface area contributed by atoms with Gasteiger partial charge in [-0.15, -0.1) is 0 Å². The van der Waals surface area contributed by atoms with Crippen LogP contribution in [-0.4, -0.2) is 83.5 Å². The van der Waals surface area contributed by atoms with Crippen LogP contribution in [0.15, 0.2) is 36.5 Å². The first-order valence-electron chi connectivity index (χ1n) is 14.1. The van der Waals surface area contributed by atoms with Crippen molar-refractivity contribution in [2.45, 2.75) is 19.3 Å². The van der Waals surface area contributed by atoms with E-state index < -0.39 is 23.7 Å². The summed E-state index contributed by atoms with van der Waals surface area (Å²) in [6.45, 7) is 3.46. The number of nitrogens with zero attached hydrogens (tertiary/aromatic N) is 4. The minimum Gasteiger partial charge on any atom is -0.494 e. The second-order valence-corrected chi connectivity index (χ2v) is 11.2. The Morgan fingerprint density at radius 3 is 2.50 bits per heavy atom. The number of imidazole rings is 1. The average Bonchev–Trinajstić information content (AvgIpc) is 3.66. The molecule has 3 amide bonds. The highest BCUT2D eigenvalue weighted by Crippen LogP contribution is 2.37. The maximum atomic E-state index is 14.6. The lowest BCUT2D eigenvalue weighted by atomic mass is 10.0. The number of rotatable bonds is 8. The van der Waals surface area contributed by atoms with Gasteiger partial charge in [-0.3, -0.25) is 14.4 Å². The van der Waals surface area contributed by atoms with E-state index in [9.17, 15) is 27.6 Å². The molecule has 0 unspecified atom stereocenters. The number of alkyl halides is 2. The predicted octanol–water partition coefficient (Wildman–Crippen LogP) is 4.36. The molecule has 1 atom stereocenters. The van der Waals surface area contributed by atoms with Gasteiger partial charge in [0.05, 0.1) is 35.2 Å². The van der Waals surface area contributed by atoms with Crippen LogP contribution in [0.2, 0.25) is 5.02 Å². The molecule has 2 N–H and O–H groups in total. The third-order valence-electron chi connectivity index (χ3n) is 8.05. The van der Waals surface area contributed by atoms with Crippen molar-refractivity contribution < 1.29 is 32.3 Å². The molecular formula is C30H32ClF3N6O4. The number of piperazine rings is 1. The second kappa shape index (κ2) is 13.3. The lowest BCUT2D eigenvalue weighted by Gasteiger charge is -2.35. The first kappa shape index (κ1) is 31.3. The minimum absolute atomic E-state index is 0.100. The summed E-state index contributed by atoms with van der Waals surface area (Å²) in [5.41, 5.74) is -0.359. The highest BCUT2D eigenvalue weighted by molar-refractivity contribution is 6.34. The Balaban J connectivity index is 1.23. The van der Waals surface area contributed by atoms with Gasteiger partial charge >= 0.3 is 0 Å². The summed E-state index contributed by atoms with van der Waals surface area (Å²) in [6, 6.07) is 6.96. The Bertz CT molecular complexity index is 1570. The van der Waals surface area contributed by atoms with Gasteiger partial charge in [0.15, 0.2) is 17.4 Å². The molecule has 5 rings (SSSR count). The van der Waals surface area contributed by atoms with Gasteiger partial charge in [0.2, 0.25) is 5.91 Å². The predicted molar refractivity (Wildman–Crippen MR) is 158 cm³/mol. The molecule has 0 bridgehead atoms. The van der Waals surface area contributed by atoms with Crippen LogP contribution >= 0.6 is 11.6 Å². The Kier molecular flexibility index (Phi) is 9.45. The maximum absolute atomic E-state index is 14.6. The number of carbonyl (C=O) groups is 3. The zero-order valence-corrected chi connectivity index (χ0v) is 25.0. The zero-order chi connectivity index (χ0) is 31.5. The zero-order valence-electron chi connectivity index (χ0n) is 24.2. The number of ether oxygens (including phenoxy) is 1. The van der Waals surface area contributed by atoms with Gasteiger partial charge in [-0.05, 0) is 55.8 Å². The van der Waals surface area contributed by atoms with Crippen molar-refractivity contribution in [1.29, 1.82) is 0 Å². The van der Waals surface area contributed by atoms with E-state index >= 15 is 0 Å². The summed E-state index contributed by atoms with van der Waals surface area (Å²) in [6.07, 6.45) is -0.428. The Morgan fingerprint density at radius 1 is 1.14 bits per heavy atom. The number of anilines is 1. The SMILES string of the molecule is COc1ccc(-c2cnc(C(=O)Nc3ccc(C(=O)N4CCN(C(=O)C[C@@H]5CCNC5)CC4)c(Cl)c3)n2C)c(C(F)F)c1F. The van der Waals surface area contributed by atoms with Crippen molar-refractivity contribution in [3.05, 3.63) is 64.3 Å². The fraction of sp³-hybridized carbons (Fsp3) is 0.400. The molecule has 0 spiro atoms. The molecule has 1 aromatic heterocycles. The average molecular weight is 633 g/mol. The van der Waals surface area contributed by atoms with Gasteiger partial charge in [0, 0.05) is 50.9 Å². The van der Waals surface area contributed by atoms with Crippen LogP contribution in [0, 0.1) is 11.7 Å². The van der Waals surface area contributed by atoms with Gasteiger partial charge < -0.3 is 29.7 Å². The van der Waals surface area contributed by atoms with Crippen LogP contribution < -0.4 is 15.4 Å². The Labute approximate surface area is 257 Å². The van der Waals surface area contributed by atoms with E-state index in [2.05, 4.69) is 15.6 Å². The van der Waals surface area contributed by atoms with Crippen LogP contribution in [0.25, 0.3) is 11.3 Å². The molecule has 14 heteroatoms. The molecule has 3 aromatic rings. The number of halogens is 4. The molecular weight excluding hydrogens is 601 g/mol. The number of amides is 3. The maximum Gasteiger partial charge on any atom is 0.291 e. The summed E-state index contributed by atoms with van der Waals surface area (Å²) in [4.78, 5) is 46.4. The molecule has 2 saturated heterocycles. The summed E-state index contributed by atoms with van der Waals surface area (Å²) >= 11 is 6.44. The van der Waals surface area contributed by atoms with Gasteiger partial charge in [-0.25, -0.2) is 18.2 Å². The van der Waals surface area contributed by atoms with Crippen LogP contribution in [0.4, 0.5) is 18.9 Å². The second-order valence-electron chi connectivity index (χ2n) is 10.8. The molecule has 2 fully saturated rings. The van der Waals surface area contributed by atoms with E-state index in [1.54, 1.807) is 9.80 Å². The van der Waals surface area contributed by atoms with Crippen molar-refractivity contribution in [1.82, 2.24) is 24.7 Å². The lowest BCUT2D eigenvalue weighted by Crippen LogP contribution is -2.51.